The number of piperidine rings is 2. The van der Waals surface area contributed by atoms with Crippen LogP contribution in [0.3, 0.4) is 0 Å². The van der Waals surface area contributed by atoms with E-state index in [0.29, 0.717) is 6.42 Å². The Labute approximate surface area is 132 Å². The minimum Gasteiger partial charge on any atom is -0.345 e. The van der Waals surface area contributed by atoms with Gasteiger partial charge in [0.15, 0.2) is 0 Å². The van der Waals surface area contributed by atoms with E-state index >= 15 is 0 Å². The predicted octanol–water partition coefficient (Wildman–Crippen LogP) is 2.47. The van der Waals surface area contributed by atoms with E-state index in [1.54, 1.807) is 0 Å². The molecular formula is C18H24N2O2. The van der Waals surface area contributed by atoms with Crippen LogP contribution in [0.5, 0.6) is 0 Å². The fourth-order valence-electron chi connectivity index (χ4n) is 3.81. The van der Waals surface area contributed by atoms with Crippen molar-refractivity contribution in [3.05, 3.63) is 35.4 Å². The molecule has 118 valence electrons. The number of carbonyl (C=O) groups is 2. The first-order chi connectivity index (χ1) is 10.5. The second kappa shape index (κ2) is 5.75. The van der Waals surface area contributed by atoms with E-state index in [2.05, 4.69) is 0 Å². The molecule has 0 radical (unpaired) electrons. The molecule has 0 saturated carbocycles. The molecule has 0 atom stereocenters. The molecule has 4 nitrogen and oxygen atoms in total. The van der Waals surface area contributed by atoms with Crippen molar-refractivity contribution in [2.45, 2.75) is 32.6 Å². The van der Waals surface area contributed by atoms with Crippen LogP contribution in [0.1, 0.15) is 41.6 Å². The minimum atomic E-state index is 0.146. The zero-order valence-corrected chi connectivity index (χ0v) is 13.5. The van der Waals surface area contributed by atoms with E-state index in [1.165, 1.54) is 0 Å². The molecule has 0 aliphatic carbocycles. The van der Waals surface area contributed by atoms with Gasteiger partial charge in [0.1, 0.15) is 0 Å². The second-order valence-electron chi connectivity index (χ2n) is 6.86. The summed E-state index contributed by atoms with van der Waals surface area (Å²) in [4.78, 5) is 28.2. The average molecular weight is 300 g/mol. The number of rotatable bonds is 1. The van der Waals surface area contributed by atoms with Crippen molar-refractivity contribution < 1.29 is 9.59 Å². The van der Waals surface area contributed by atoms with Crippen LogP contribution in [-0.2, 0) is 4.79 Å². The molecule has 2 saturated heterocycles. The van der Waals surface area contributed by atoms with Gasteiger partial charge in [-0.2, -0.15) is 0 Å². The van der Waals surface area contributed by atoms with Gasteiger partial charge >= 0.3 is 0 Å². The lowest BCUT2D eigenvalue weighted by atomic mass is 9.72. The molecule has 1 aromatic carbocycles. The lowest BCUT2D eigenvalue weighted by Crippen LogP contribution is -2.51. The van der Waals surface area contributed by atoms with Gasteiger partial charge < -0.3 is 9.80 Å². The van der Waals surface area contributed by atoms with Crippen LogP contribution in [0.2, 0.25) is 0 Å². The van der Waals surface area contributed by atoms with Gasteiger partial charge in [-0.05, 0) is 43.2 Å². The Balaban J connectivity index is 1.66. The van der Waals surface area contributed by atoms with E-state index in [9.17, 15) is 9.59 Å². The summed E-state index contributed by atoms with van der Waals surface area (Å²) in [6.07, 6.45) is 3.63. The first-order valence-electron chi connectivity index (χ1n) is 8.10. The molecule has 2 amide bonds. The summed E-state index contributed by atoms with van der Waals surface area (Å²) in [6.45, 7) is 4.43. The Morgan fingerprint density at radius 1 is 1.14 bits per heavy atom. The van der Waals surface area contributed by atoms with Crippen LogP contribution in [0.25, 0.3) is 0 Å². The Hall–Kier alpha value is -1.84. The average Bonchev–Trinajstić information content (AvgIpc) is 2.52. The van der Waals surface area contributed by atoms with Gasteiger partial charge in [-0.1, -0.05) is 18.2 Å². The summed E-state index contributed by atoms with van der Waals surface area (Å²) < 4.78 is 0. The van der Waals surface area contributed by atoms with Crippen LogP contribution >= 0.6 is 0 Å². The first-order valence-corrected chi connectivity index (χ1v) is 8.10. The number of benzene rings is 1. The lowest BCUT2D eigenvalue weighted by Gasteiger charge is -2.46. The van der Waals surface area contributed by atoms with Crippen molar-refractivity contribution in [1.29, 1.82) is 0 Å². The molecule has 22 heavy (non-hydrogen) atoms. The van der Waals surface area contributed by atoms with E-state index in [1.807, 2.05) is 48.0 Å². The number of nitrogens with zero attached hydrogens (tertiary/aromatic N) is 2. The third-order valence-electron chi connectivity index (χ3n) is 5.35. The van der Waals surface area contributed by atoms with Gasteiger partial charge in [0, 0.05) is 38.7 Å². The van der Waals surface area contributed by atoms with Gasteiger partial charge in [-0.15, -0.1) is 0 Å². The largest absolute Gasteiger partial charge is 0.345 e. The Bertz CT molecular complexity index is 589. The number of amides is 2. The molecule has 1 aromatic rings. The normalized spacial score (nSPS) is 21.3. The van der Waals surface area contributed by atoms with E-state index in [0.717, 1.165) is 50.0 Å². The zero-order chi connectivity index (χ0) is 15.7. The molecule has 2 fully saturated rings. The number of likely N-dealkylation sites (tertiary alicyclic amines) is 2. The van der Waals surface area contributed by atoms with Crippen LogP contribution in [0.15, 0.2) is 24.3 Å². The van der Waals surface area contributed by atoms with Crippen LogP contribution in [0, 0.1) is 12.3 Å². The smallest absolute Gasteiger partial charge is 0.254 e. The molecule has 0 aromatic heterocycles. The van der Waals surface area contributed by atoms with E-state index in [4.69, 9.17) is 0 Å². The highest BCUT2D eigenvalue weighted by molar-refractivity contribution is 5.95. The second-order valence-corrected chi connectivity index (χ2v) is 6.86. The van der Waals surface area contributed by atoms with Crippen molar-refractivity contribution in [2.24, 2.45) is 5.41 Å². The summed E-state index contributed by atoms with van der Waals surface area (Å²) in [6, 6.07) is 7.79. The fraction of sp³-hybridized carbons (Fsp3) is 0.556. The molecule has 4 heteroatoms. The number of carbonyl (C=O) groups excluding carboxylic acids is 2. The molecule has 0 bridgehead atoms. The molecule has 3 rings (SSSR count). The zero-order valence-electron chi connectivity index (χ0n) is 13.5. The Morgan fingerprint density at radius 3 is 2.45 bits per heavy atom. The van der Waals surface area contributed by atoms with Crippen LogP contribution in [0.4, 0.5) is 0 Å². The predicted molar refractivity (Wildman–Crippen MR) is 85.6 cm³/mol. The van der Waals surface area contributed by atoms with Crippen molar-refractivity contribution in [2.75, 3.05) is 26.7 Å². The summed E-state index contributed by atoms with van der Waals surface area (Å²) in [5, 5.41) is 0. The Morgan fingerprint density at radius 2 is 1.82 bits per heavy atom. The number of aryl methyl sites for hydroxylation is 1. The first kappa shape index (κ1) is 15.1. The highest BCUT2D eigenvalue weighted by Gasteiger charge is 2.40. The fourth-order valence-corrected chi connectivity index (χ4v) is 3.81. The van der Waals surface area contributed by atoms with Crippen molar-refractivity contribution in [1.82, 2.24) is 9.80 Å². The lowest BCUT2D eigenvalue weighted by molar-refractivity contribution is -0.137. The molecule has 0 unspecified atom stereocenters. The topological polar surface area (TPSA) is 40.6 Å². The van der Waals surface area contributed by atoms with Crippen molar-refractivity contribution >= 4 is 11.8 Å². The summed E-state index contributed by atoms with van der Waals surface area (Å²) >= 11 is 0. The van der Waals surface area contributed by atoms with Gasteiger partial charge in [0.2, 0.25) is 5.91 Å². The highest BCUT2D eigenvalue weighted by Crippen LogP contribution is 2.40. The molecule has 2 aliphatic heterocycles. The SMILES string of the molecule is Cc1ccccc1C(=O)N1CCC2(CCC(=O)N(C)C2)CC1. The number of hydrogen-bond donors (Lipinski definition) is 0. The highest BCUT2D eigenvalue weighted by atomic mass is 16.2. The summed E-state index contributed by atoms with van der Waals surface area (Å²) in [7, 11) is 1.90. The van der Waals surface area contributed by atoms with Gasteiger partial charge in [-0.3, -0.25) is 9.59 Å². The monoisotopic (exact) mass is 300 g/mol. The van der Waals surface area contributed by atoms with Crippen LogP contribution in [-0.4, -0.2) is 48.3 Å². The van der Waals surface area contributed by atoms with Crippen molar-refractivity contribution in [3.8, 4) is 0 Å². The quantitative estimate of drug-likeness (QED) is 0.799. The molecule has 0 N–H and O–H groups in total. The standard InChI is InChI=1S/C18H24N2O2/c1-14-5-3-4-6-15(14)17(22)20-11-9-18(10-12-20)8-7-16(21)19(2)13-18/h3-6H,7-13H2,1-2H3. The summed E-state index contributed by atoms with van der Waals surface area (Å²) in [5.41, 5.74) is 2.08. The number of hydrogen-bond acceptors (Lipinski definition) is 2. The molecule has 2 aliphatic rings. The van der Waals surface area contributed by atoms with E-state index in [-0.39, 0.29) is 17.2 Å². The Kier molecular flexibility index (Phi) is 3.94. The maximum atomic E-state index is 12.7. The minimum absolute atomic E-state index is 0.146. The van der Waals surface area contributed by atoms with Crippen molar-refractivity contribution in [3.63, 3.8) is 0 Å². The third kappa shape index (κ3) is 2.74. The summed E-state index contributed by atoms with van der Waals surface area (Å²) in [5.74, 6) is 0.400. The molecule has 1 spiro atoms. The third-order valence-corrected chi connectivity index (χ3v) is 5.35. The van der Waals surface area contributed by atoms with Gasteiger partial charge in [-0.25, -0.2) is 0 Å². The molecule has 2 heterocycles. The van der Waals surface area contributed by atoms with Crippen LogP contribution < -0.4 is 0 Å². The van der Waals surface area contributed by atoms with Gasteiger partial charge in [0.25, 0.3) is 5.91 Å². The molecular weight excluding hydrogens is 276 g/mol. The van der Waals surface area contributed by atoms with Gasteiger partial charge in [0.05, 0.1) is 0 Å². The van der Waals surface area contributed by atoms with E-state index < -0.39 is 0 Å². The maximum Gasteiger partial charge on any atom is 0.254 e. The maximum absolute atomic E-state index is 12.7.